The van der Waals surface area contributed by atoms with E-state index in [1.165, 1.54) is 12.5 Å². The van der Waals surface area contributed by atoms with Crippen LogP contribution in [0.5, 0.6) is 0 Å². The van der Waals surface area contributed by atoms with Crippen molar-refractivity contribution < 1.29 is 8.42 Å². The van der Waals surface area contributed by atoms with Crippen LogP contribution in [0.3, 0.4) is 0 Å². The number of imidazole rings is 1. The van der Waals surface area contributed by atoms with Crippen molar-refractivity contribution in [3.05, 3.63) is 12.5 Å². The molecule has 0 unspecified atom stereocenters. The predicted molar refractivity (Wildman–Crippen MR) is 60.8 cm³/mol. The molecule has 1 fully saturated rings. The summed E-state index contributed by atoms with van der Waals surface area (Å²) < 4.78 is 26.3. The number of H-pyrrole nitrogens is 1. The van der Waals surface area contributed by atoms with Gasteiger partial charge in [0.2, 0.25) is 0 Å². The molecule has 7 heteroatoms. The lowest BCUT2D eigenvalue weighted by molar-refractivity contribution is 0.416. The summed E-state index contributed by atoms with van der Waals surface area (Å²) >= 11 is 5.96. The van der Waals surface area contributed by atoms with Gasteiger partial charge in [-0.05, 0) is 25.7 Å². The molecule has 16 heavy (non-hydrogen) atoms. The third-order valence-electron chi connectivity index (χ3n) is 2.74. The molecule has 1 aromatic heterocycles. The van der Waals surface area contributed by atoms with E-state index >= 15 is 0 Å². The number of alkyl halides is 1. The van der Waals surface area contributed by atoms with E-state index in [9.17, 15) is 8.42 Å². The minimum atomic E-state index is -3.45. The molecule has 0 aromatic carbocycles. The van der Waals surface area contributed by atoms with E-state index in [2.05, 4.69) is 14.7 Å². The average Bonchev–Trinajstić information content (AvgIpc) is 2.75. The fourth-order valence-corrected chi connectivity index (χ4v) is 3.30. The van der Waals surface area contributed by atoms with Gasteiger partial charge in [0.05, 0.1) is 12.5 Å². The summed E-state index contributed by atoms with van der Waals surface area (Å²) in [5.74, 6) is 0. The number of hydrogen-bond acceptors (Lipinski definition) is 3. The van der Waals surface area contributed by atoms with Crippen LogP contribution in [0.15, 0.2) is 17.6 Å². The first-order valence-corrected chi connectivity index (χ1v) is 7.14. The van der Waals surface area contributed by atoms with Crippen molar-refractivity contribution >= 4 is 21.6 Å². The van der Waals surface area contributed by atoms with Gasteiger partial charge in [-0.2, -0.15) is 0 Å². The van der Waals surface area contributed by atoms with E-state index in [4.69, 9.17) is 11.6 Å². The number of aromatic amines is 1. The summed E-state index contributed by atoms with van der Waals surface area (Å²) in [6.07, 6.45) is 5.96. The van der Waals surface area contributed by atoms with Gasteiger partial charge in [0.1, 0.15) is 0 Å². The van der Waals surface area contributed by atoms with E-state index in [0.29, 0.717) is 0 Å². The van der Waals surface area contributed by atoms with Gasteiger partial charge in [-0.25, -0.2) is 18.1 Å². The minimum absolute atomic E-state index is 0.0108. The monoisotopic (exact) mass is 263 g/mol. The van der Waals surface area contributed by atoms with Gasteiger partial charge < -0.3 is 4.98 Å². The summed E-state index contributed by atoms with van der Waals surface area (Å²) in [5, 5.41) is 0.299. The van der Waals surface area contributed by atoms with Crippen LogP contribution in [-0.4, -0.2) is 29.8 Å². The first kappa shape index (κ1) is 11.9. The molecule has 1 aliphatic carbocycles. The predicted octanol–water partition coefficient (Wildman–Crippen LogP) is 1.24. The molecular weight excluding hydrogens is 250 g/mol. The lowest BCUT2D eigenvalue weighted by Crippen LogP contribution is -2.37. The van der Waals surface area contributed by atoms with E-state index in [1.54, 1.807) is 0 Å². The normalized spacial score (nSPS) is 26.8. The van der Waals surface area contributed by atoms with Crippen molar-refractivity contribution in [3.8, 4) is 0 Å². The highest BCUT2D eigenvalue weighted by atomic mass is 35.5. The Labute approximate surface area is 99.7 Å². The molecule has 0 atom stereocenters. The van der Waals surface area contributed by atoms with Gasteiger partial charge in [0, 0.05) is 11.4 Å². The number of hydrogen-bond donors (Lipinski definition) is 2. The molecule has 0 amide bonds. The molecule has 2 rings (SSSR count). The van der Waals surface area contributed by atoms with Gasteiger partial charge >= 0.3 is 0 Å². The smallest absolute Gasteiger partial charge is 0.257 e. The number of nitrogens with one attached hydrogen (secondary N) is 2. The highest BCUT2D eigenvalue weighted by molar-refractivity contribution is 7.89. The van der Waals surface area contributed by atoms with Crippen LogP contribution >= 0.6 is 11.6 Å². The van der Waals surface area contributed by atoms with E-state index in [0.717, 1.165) is 25.7 Å². The summed E-state index contributed by atoms with van der Waals surface area (Å²) in [4.78, 5) is 6.29. The number of rotatable bonds is 3. The second kappa shape index (κ2) is 4.73. The highest BCUT2D eigenvalue weighted by Crippen LogP contribution is 2.23. The number of sulfonamides is 1. The van der Waals surface area contributed by atoms with Gasteiger partial charge in [0.25, 0.3) is 10.0 Å². The van der Waals surface area contributed by atoms with Gasteiger partial charge in [-0.1, -0.05) is 0 Å². The summed E-state index contributed by atoms with van der Waals surface area (Å²) in [7, 11) is -3.45. The first-order valence-electron chi connectivity index (χ1n) is 5.23. The molecule has 0 radical (unpaired) electrons. The maximum Gasteiger partial charge on any atom is 0.257 e. The maximum atomic E-state index is 11.8. The Morgan fingerprint density at radius 3 is 2.62 bits per heavy atom. The highest BCUT2D eigenvalue weighted by Gasteiger charge is 2.25. The van der Waals surface area contributed by atoms with Crippen molar-refractivity contribution in [1.82, 2.24) is 14.7 Å². The van der Waals surface area contributed by atoms with Crippen molar-refractivity contribution in [2.75, 3.05) is 0 Å². The summed E-state index contributed by atoms with van der Waals surface area (Å²) in [6, 6.07) is -0.0108. The number of nitrogens with zero attached hydrogens (tertiary/aromatic N) is 1. The van der Waals surface area contributed by atoms with Crippen molar-refractivity contribution in [3.63, 3.8) is 0 Å². The Balaban J connectivity index is 2.00. The molecule has 0 saturated heterocycles. The molecular formula is C9H14ClN3O2S. The lowest BCUT2D eigenvalue weighted by atomic mass is 9.96. The SMILES string of the molecule is O=S(=O)(NC1CCC(Cl)CC1)c1cnc[nH]1. The maximum absolute atomic E-state index is 11.8. The van der Waals surface area contributed by atoms with E-state index in [-0.39, 0.29) is 16.4 Å². The molecule has 0 spiro atoms. The van der Waals surface area contributed by atoms with Gasteiger partial charge in [0.15, 0.2) is 5.03 Å². The molecule has 0 bridgehead atoms. The van der Waals surface area contributed by atoms with Crippen LogP contribution in [0.4, 0.5) is 0 Å². The summed E-state index contributed by atoms with van der Waals surface area (Å²) in [6.45, 7) is 0. The van der Waals surface area contributed by atoms with Crippen LogP contribution < -0.4 is 4.72 Å². The van der Waals surface area contributed by atoms with E-state index < -0.39 is 10.0 Å². The van der Waals surface area contributed by atoms with Crippen molar-refractivity contribution in [1.29, 1.82) is 0 Å². The fraction of sp³-hybridized carbons (Fsp3) is 0.667. The molecule has 2 N–H and O–H groups in total. The molecule has 1 aliphatic rings. The van der Waals surface area contributed by atoms with Crippen LogP contribution in [0.25, 0.3) is 0 Å². The lowest BCUT2D eigenvalue weighted by Gasteiger charge is -2.25. The number of aromatic nitrogens is 2. The van der Waals surface area contributed by atoms with Crippen LogP contribution in [0, 0.1) is 0 Å². The minimum Gasteiger partial charge on any atom is -0.335 e. The third-order valence-corrected chi connectivity index (χ3v) is 4.62. The fourth-order valence-electron chi connectivity index (χ4n) is 1.84. The molecule has 1 heterocycles. The van der Waals surface area contributed by atoms with Crippen molar-refractivity contribution in [2.45, 2.75) is 42.1 Å². The quantitative estimate of drug-likeness (QED) is 0.806. The second-order valence-electron chi connectivity index (χ2n) is 3.99. The zero-order valence-electron chi connectivity index (χ0n) is 8.69. The Bertz CT molecular complexity index is 424. The zero-order chi connectivity index (χ0) is 11.6. The molecule has 1 saturated carbocycles. The standard InChI is InChI=1S/C9H14ClN3O2S/c10-7-1-3-8(4-2-7)13-16(14,15)9-5-11-6-12-9/h5-8,13H,1-4H2,(H,11,12). The Hall–Kier alpha value is -0.590. The third kappa shape index (κ3) is 2.75. The Morgan fingerprint density at radius 1 is 1.38 bits per heavy atom. The van der Waals surface area contributed by atoms with Gasteiger partial charge in [-0.3, -0.25) is 0 Å². The van der Waals surface area contributed by atoms with Crippen molar-refractivity contribution in [2.24, 2.45) is 0 Å². The molecule has 1 aromatic rings. The van der Waals surface area contributed by atoms with Gasteiger partial charge in [-0.15, -0.1) is 11.6 Å². The average molecular weight is 264 g/mol. The number of halogens is 1. The summed E-state index contributed by atoms with van der Waals surface area (Å²) in [5.41, 5.74) is 0. The topological polar surface area (TPSA) is 74.8 Å². The first-order chi connectivity index (χ1) is 7.58. The largest absolute Gasteiger partial charge is 0.335 e. The van der Waals surface area contributed by atoms with Crippen LogP contribution in [0.2, 0.25) is 0 Å². The Kier molecular flexibility index (Phi) is 3.51. The van der Waals surface area contributed by atoms with E-state index in [1.807, 2.05) is 0 Å². The zero-order valence-corrected chi connectivity index (χ0v) is 10.3. The molecule has 0 aliphatic heterocycles. The second-order valence-corrected chi connectivity index (χ2v) is 6.29. The van der Waals surface area contributed by atoms with Crippen LogP contribution in [0.1, 0.15) is 25.7 Å². The Morgan fingerprint density at radius 2 is 2.06 bits per heavy atom. The van der Waals surface area contributed by atoms with Crippen LogP contribution in [-0.2, 0) is 10.0 Å². The molecule has 90 valence electrons. The molecule has 5 nitrogen and oxygen atoms in total.